The highest BCUT2D eigenvalue weighted by Gasteiger charge is 2.12. The van der Waals surface area contributed by atoms with E-state index >= 15 is 0 Å². The van der Waals surface area contributed by atoms with Crippen molar-refractivity contribution in [3.63, 3.8) is 0 Å². The van der Waals surface area contributed by atoms with E-state index in [0.717, 1.165) is 16.0 Å². The van der Waals surface area contributed by atoms with E-state index in [0.29, 0.717) is 22.3 Å². The van der Waals surface area contributed by atoms with Gasteiger partial charge in [-0.15, -0.1) is 0 Å². The number of ether oxygens (including phenoxy) is 1. The molecule has 118 valence electrons. The van der Waals surface area contributed by atoms with Crippen LogP contribution in [0.15, 0.2) is 42.5 Å². The molecule has 0 aliphatic rings. The lowest BCUT2D eigenvalue weighted by Gasteiger charge is -2.04. The zero-order valence-corrected chi connectivity index (χ0v) is 14.1. The molecule has 0 spiro atoms. The van der Waals surface area contributed by atoms with Gasteiger partial charge in [-0.1, -0.05) is 41.1 Å². The smallest absolute Gasteiger partial charge is 0.184 e. The van der Waals surface area contributed by atoms with Crippen LogP contribution in [-0.4, -0.2) is 23.9 Å². The Morgan fingerprint density at radius 2 is 2.09 bits per heavy atom. The van der Waals surface area contributed by atoms with Gasteiger partial charge in [0.2, 0.25) is 0 Å². The number of para-hydroxylation sites is 1. The number of rotatable bonds is 6. The molecule has 1 heterocycles. The van der Waals surface area contributed by atoms with Crippen molar-refractivity contribution in [3.8, 4) is 5.75 Å². The van der Waals surface area contributed by atoms with Crippen molar-refractivity contribution in [3.05, 3.63) is 53.1 Å². The number of anilines is 1. The molecule has 2 aromatic carbocycles. The minimum atomic E-state index is -0.0695. The van der Waals surface area contributed by atoms with Crippen molar-refractivity contribution in [1.82, 2.24) is 4.98 Å². The molecular weight excluding hydrogens is 332 g/mol. The quantitative estimate of drug-likeness (QED) is 0.660. The predicted octanol–water partition coefficient (Wildman–Crippen LogP) is 4.64. The summed E-state index contributed by atoms with van der Waals surface area (Å²) in [4.78, 5) is 16.7. The largest absolute Gasteiger partial charge is 0.492 e. The third kappa shape index (κ3) is 3.46. The molecule has 3 rings (SSSR count). The average Bonchev–Trinajstić information content (AvgIpc) is 2.97. The minimum Gasteiger partial charge on any atom is -0.492 e. The Labute approximate surface area is 143 Å². The van der Waals surface area contributed by atoms with Crippen molar-refractivity contribution < 1.29 is 9.53 Å². The molecule has 1 aromatic heterocycles. The molecular formula is C17H15ClN2O2S. The molecule has 23 heavy (non-hydrogen) atoms. The molecule has 0 atom stereocenters. The molecule has 0 bridgehead atoms. The van der Waals surface area contributed by atoms with E-state index < -0.39 is 0 Å². The van der Waals surface area contributed by atoms with Crippen LogP contribution in [0.3, 0.4) is 0 Å². The lowest BCUT2D eigenvalue weighted by atomic mass is 10.1. The van der Waals surface area contributed by atoms with Crippen LogP contribution in [0, 0.1) is 0 Å². The van der Waals surface area contributed by atoms with Crippen LogP contribution in [0.1, 0.15) is 17.3 Å². The van der Waals surface area contributed by atoms with Gasteiger partial charge >= 0.3 is 0 Å². The zero-order valence-electron chi connectivity index (χ0n) is 12.5. The van der Waals surface area contributed by atoms with E-state index in [-0.39, 0.29) is 12.3 Å². The number of carbonyl (C=O) groups is 1. The molecule has 4 nitrogen and oxygen atoms in total. The fraction of sp³-hybridized carbons (Fsp3) is 0.176. The second kappa shape index (κ2) is 6.98. The maximum Gasteiger partial charge on any atom is 0.184 e. The van der Waals surface area contributed by atoms with Gasteiger partial charge in [0.05, 0.1) is 22.9 Å². The Balaban J connectivity index is 1.76. The second-order valence-corrected chi connectivity index (χ2v) is 6.25. The Hall–Kier alpha value is -2.11. The molecule has 0 saturated heterocycles. The van der Waals surface area contributed by atoms with Crippen molar-refractivity contribution in [2.75, 3.05) is 18.5 Å². The van der Waals surface area contributed by atoms with Gasteiger partial charge in [-0.2, -0.15) is 0 Å². The van der Waals surface area contributed by atoms with E-state index in [2.05, 4.69) is 10.3 Å². The molecule has 0 unspecified atom stereocenters. The number of aromatic nitrogens is 1. The van der Waals surface area contributed by atoms with Crippen LogP contribution in [0.4, 0.5) is 5.13 Å². The third-order valence-corrected chi connectivity index (χ3v) is 4.56. The molecule has 1 N–H and O–H groups in total. The molecule has 0 aliphatic carbocycles. The Morgan fingerprint density at radius 1 is 1.26 bits per heavy atom. The monoisotopic (exact) mass is 346 g/mol. The van der Waals surface area contributed by atoms with Crippen LogP contribution in [0.2, 0.25) is 5.02 Å². The number of nitrogens with one attached hydrogen (secondary N) is 1. The van der Waals surface area contributed by atoms with Gasteiger partial charge < -0.3 is 10.1 Å². The summed E-state index contributed by atoms with van der Waals surface area (Å²) in [5.41, 5.74) is 1.32. The Bertz CT molecular complexity index is 847. The zero-order chi connectivity index (χ0) is 16.2. The van der Waals surface area contributed by atoms with E-state index in [1.165, 1.54) is 11.3 Å². The topological polar surface area (TPSA) is 51.2 Å². The molecule has 0 fully saturated rings. The summed E-state index contributed by atoms with van der Waals surface area (Å²) in [5, 5.41) is 4.22. The van der Waals surface area contributed by atoms with Crippen molar-refractivity contribution in [1.29, 1.82) is 0 Å². The van der Waals surface area contributed by atoms with Crippen LogP contribution in [0.25, 0.3) is 10.2 Å². The van der Waals surface area contributed by atoms with Gasteiger partial charge in [0.1, 0.15) is 11.3 Å². The number of carbonyl (C=O) groups excluding carboxylic acids is 1. The maximum absolute atomic E-state index is 12.2. The highest BCUT2D eigenvalue weighted by atomic mass is 35.5. The molecule has 3 aromatic rings. The standard InChI is InChI=1S/C17H15ClN2O2S/c1-2-22-14-8-5-9-15-16(14)20-17(23-15)19-10-13(21)11-6-3-4-7-12(11)18/h3-9H,2,10H2,1H3,(H,19,20). The number of hydrogen-bond donors (Lipinski definition) is 1. The van der Waals surface area contributed by atoms with E-state index in [4.69, 9.17) is 16.3 Å². The first kappa shape index (κ1) is 15.8. The number of Topliss-reactive ketones (excluding diaryl/α,β-unsaturated/α-hetero) is 1. The third-order valence-electron chi connectivity index (χ3n) is 3.26. The number of halogens is 1. The van der Waals surface area contributed by atoms with E-state index in [1.54, 1.807) is 24.3 Å². The van der Waals surface area contributed by atoms with Crippen LogP contribution >= 0.6 is 22.9 Å². The molecule has 0 aliphatic heterocycles. The first-order valence-electron chi connectivity index (χ1n) is 7.23. The summed E-state index contributed by atoms with van der Waals surface area (Å²) in [5.74, 6) is 0.687. The summed E-state index contributed by atoms with van der Waals surface area (Å²) in [6, 6.07) is 12.8. The first-order chi connectivity index (χ1) is 11.2. The number of benzene rings is 2. The molecule has 6 heteroatoms. The average molecular weight is 347 g/mol. The summed E-state index contributed by atoms with van der Waals surface area (Å²) in [6.45, 7) is 2.67. The van der Waals surface area contributed by atoms with Crippen LogP contribution in [-0.2, 0) is 0 Å². The van der Waals surface area contributed by atoms with Gasteiger partial charge in [0.15, 0.2) is 10.9 Å². The van der Waals surface area contributed by atoms with E-state index in [1.807, 2.05) is 25.1 Å². The fourth-order valence-corrected chi connectivity index (χ4v) is 3.33. The second-order valence-electron chi connectivity index (χ2n) is 4.81. The van der Waals surface area contributed by atoms with Crippen molar-refractivity contribution >= 4 is 44.1 Å². The highest BCUT2D eigenvalue weighted by Crippen LogP contribution is 2.32. The molecule has 0 amide bonds. The summed E-state index contributed by atoms with van der Waals surface area (Å²) < 4.78 is 6.59. The minimum absolute atomic E-state index is 0.0695. The van der Waals surface area contributed by atoms with Crippen LogP contribution < -0.4 is 10.1 Å². The molecule has 0 saturated carbocycles. The molecule has 0 radical (unpaired) electrons. The number of ketones is 1. The normalized spacial score (nSPS) is 10.7. The predicted molar refractivity (Wildman–Crippen MR) is 95.1 cm³/mol. The van der Waals surface area contributed by atoms with Crippen LogP contribution in [0.5, 0.6) is 5.75 Å². The van der Waals surface area contributed by atoms with Gasteiger partial charge in [0, 0.05) is 5.56 Å². The first-order valence-corrected chi connectivity index (χ1v) is 8.42. The SMILES string of the molecule is CCOc1cccc2sc(NCC(=O)c3ccccc3Cl)nc12. The van der Waals surface area contributed by atoms with Crippen molar-refractivity contribution in [2.24, 2.45) is 0 Å². The summed E-state index contributed by atoms with van der Waals surface area (Å²) >= 11 is 7.53. The van der Waals surface area contributed by atoms with E-state index in [9.17, 15) is 4.79 Å². The van der Waals surface area contributed by atoms with Gasteiger partial charge in [-0.25, -0.2) is 4.98 Å². The number of thiazole rings is 1. The van der Waals surface area contributed by atoms with Gasteiger partial charge in [-0.3, -0.25) is 4.79 Å². The number of fused-ring (bicyclic) bond motifs is 1. The maximum atomic E-state index is 12.2. The highest BCUT2D eigenvalue weighted by molar-refractivity contribution is 7.22. The van der Waals surface area contributed by atoms with Crippen molar-refractivity contribution in [2.45, 2.75) is 6.92 Å². The number of nitrogens with zero attached hydrogens (tertiary/aromatic N) is 1. The fourth-order valence-electron chi connectivity index (χ4n) is 2.21. The Morgan fingerprint density at radius 3 is 2.87 bits per heavy atom. The van der Waals surface area contributed by atoms with Gasteiger partial charge in [-0.05, 0) is 31.2 Å². The summed E-state index contributed by atoms with van der Waals surface area (Å²) in [7, 11) is 0. The lowest BCUT2D eigenvalue weighted by Crippen LogP contribution is -2.14. The number of hydrogen-bond acceptors (Lipinski definition) is 5. The Kier molecular flexibility index (Phi) is 4.79. The summed E-state index contributed by atoms with van der Waals surface area (Å²) in [6.07, 6.45) is 0. The lowest BCUT2D eigenvalue weighted by molar-refractivity contribution is 0.101. The van der Waals surface area contributed by atoms with Gasteiger partial charge in [0.25, 0.3) is 0 Å².